The summed E-state index contributed by atoms with van der Waals surface area (Å²) in [4.78, 5) is 39.0. The van der Waals surface area contributed by atoms with Crippen molar-refractivity contribution < 1.29 is 4.79 Å². The largest absolute Gasteiger partial charge is 0.332 e. The van der Waals surface area contributed by atoms with E-state index in [1.165, 1.54) is 4.57 Å². The number of hydrogen-bond donors (Lipinski definition) is 1. The second-order valence-electron chi connectivity index (χ2n) is 7.02. The predicted octanol–water partition coefficient (Wildman–Crippen LogP) is 2.83. The van der Waals surface area contributed by atoms with Crippen LogP contribution in [-0.4, -0.2) is 24.8 Å². The minimum absolute atomic E-state index is 0.0990. The molecular weight excluding hydrogens is 462 g/mol. The van der Waals surface area contributed by atoms with Crippen molar-refractivity contribution in [1.29, 1.82) is 0 Å². The van der Waals surface area contributed by atoms with E-state index in [0.717, 1.165) is 14.6 Å². The number of amides is 1. The average Bonchev–Trinajstić information content (AvgIpc) is 3.21. The van der Waals surface area contributed by atoms with Crippen LogP contribution in [0.1, 0.15) is 12.5 Å². The van der Waals surface area contributed by atoms with Crippen molar-refractivity contribution in [3.63, 3.8) is 0 Å². The zero-order chi connectivity index (χ0) is 22.0. The van der Waals surface area contributed by atoms with Gasteiger partial charge in [-0.3, -0.25) is 23.4 Å². The van der Waals surface area contributed by atoms with Crippen LogP contribution in [0.15, 0.2) is 74.9 Å². The monoisotopic (exact) mass is 481 g/mol. The molecule has 0 saturated carbocycles. The number of aromatic nitrogens is 4. The summed E-state index contributed by atoms with van der Waals surface area (Å²) in [6, 6.07) is 16.4. The third-order valence-corrected chi connectivity index (χ3v) is 5.41. The Bertz CT molecular complexity index is 1350. The Hall–Kier alpha value is -3.46. The third-order valence-electron chi connectivity index (χ3n) is 4.88. The fourth-order valence-corrected chi connectivity index (χ4v) is 3.59. The highest BCUT2D eigenvalue weighted by molar-refractivity contribution is 9.10. The van der Waals surface area contributed by atoms with Crippen LogP contribution in [0.3, 0.4) is 0 Å². The molecule has 1 N–H and O–H groups in total. The van der Waals surface area contributed by atoms with Crippen molar-refractivity contribution in [2.24, 2.45) is 0 Å². The van der Waals surface area contributed by atoms with Gasteiger partial charge in [0, 0.05) is 22.9 Å². The maximum Gasteiger partial charge on any atom is 0.332 e. The molecule has 0 aliphatic rings. The second-order valence-corrected chi connectivity index (χ2v) is 7.94. The molecule has 4 aromatic rings. The Labute approximate surface area is 185 Å². The molecule has 4 rings (SSSR count). The lowest BCUT2D eigenvalue weighted by Crippen LogP contribution is -2.41. The van der Waals surface area contributed by atoms with Gasteiger partial charge in [0.15, 0.2) is 5.52 Å². The van der Waals surface area contributed by atoms with Crippen LogP contribution >= 0.6 is 15.9 Å². The molecular formula is C22H20BrN5O3. The average molecular weight is 482 g/mol. The molecule has 0 bridgehead atoms. The Balaban J connectivity index is 1.76. The van der Waals surface area contributed by atoms with E-state index in [1.54, 1.807) is 23.0 Å². The number of nitrogens with zero attached hydrogens (tertiary/aromatic N) is 4. The molecule has 0 atom stereocenters. The van der Waals surface area contributed by atoms with E-state index in [4.69, 9.17) is 0 Å². The number of aryl methyl sites for hydroxylation is 1. The standard InChI is InChI=1S/C22H20BrN5O3/c1-2-26-13-18-20(25-26)21(30)28(12-15-6-4-3-5-7-15)22(31)27(18)14-19(29)24-17-10-8-16(23)9-11-17/h3-11,13H,2,12,14H2,1H3,(H,24,29). The second kappa shape index (κ2) is 8.73. The first-order valence-corrected chi connectivity index (χ1v) is 10.6. The van der Waals surface area contributed by atoms with Crippen LogP contribution in [0.2, 0.25) is 0 Å². The molecule has 8 nitrogen and oxygen atoms in total. The number of halogens is 1. The first-order valence-electron chi connectivity index (χ1n) is 9.76. The Morgan fingerprint density at radius 2 is 1.74 bits per heavy atom. The smallest absolute Gasteiger partial charge is 0.325 e. The summed E-state index contributed by atoms with van der Waals surface area (Å²) < 4.78 is 4.90. The van der Waals surface area contributed by atoms with Crippen molar-refractivity contribution in [2.45, 2.75) is 26.6 Å². The van der Waals surface area contributed by atoms with Crippen molar-refractivity contribution >= 4 is 38.6 Å². The highest BCUT2D eigenvalue weighted by Crippen LogP contribution is 2.14. The summed E-state index contributed by atoms with van der Waals surface area (Å²) in [5.41, 5.74) is 0.894. The lowest BCUT2D eigenvalue weighted by molar-refractivity contribution is -0.116. The van der Waals surface area contributed by atoms with Gasteiger partial charge in [-0.25, -0.2) is 4.79 Å². The highest BCUT2D eigenvalue weighted by Gasteiger charge is 2.18. The number of carbonyl (C=O) groups is 1. The van der Waals surface area contributed by atoms with Gasteiger partial charge in [-0.15, -0.1) is 0 Å². The van der Waals surface area contributed by atoms with Gasteiger partial charge < -0.3 is 5.32 Å². The van der Waals surface area contributed by atoms with Crippen LogP contribution in [0.5, 0.6) is 0 Å². The third kappa shape index (κ3) is 4.36. The molecule has 0 fully saturated rings. The number of benzene rings is 2. The number of fused-ring (bicyclic) bond motifs is 1. The van der Waals surface area contributed by atoms with E-state index in [0.29, 0.717) is 17.7 Å². The molecule has 158 valence electrons. The molecule has 2 heterocycles. The molecule has 9 heteroatoms. The molecule has 31 heavy (non-hydrogen) atoms. The lowest BCUT2D eigenvalue weighted by Gasteiger charge is -2.12. The van der Waals surface area contributed by atoms with Gasteiger partial charge in [-0.1, -0.05) is 46.3 Å². The molecule has 1 amide bonds. The summed E-state index contributed by atoms with van der Waals surface area (Å²) in [6.45, 7) is 2.28. The zero-order valence-corrected chi connectivity index (χ0v) is 18.4. The molecule has 2 aromatic heterocycles. The fraction of sp³-hybridized carbons (Fsp3) is 0.182. The van der Waals surface area contributed by atoms with Crippen LogP contribution in [0, 0.1) is 0 Å². The molecule has 2 aromatic carbocycles. The molecule has 0 radical (unpaired) electrons. The SMILES string of the molecule is CCn1cc2c(n1)c(=O)n(Cc1ccccc1)c(=O)n2CC(=O)Nc1ccc(Br)cc1. The molecule has 0 aliphatic carbocycles. The minimum Gasteiger partial charge on any atom is -0.325 e. The fourth-order valence-electron chi connectivity index (χ4n) is 3.32. The van der Waals surface area contributed by atoms with Crippen LogP contribution < -0.4 is 16.6 Å². The number of hydrogen-bond acceptors (Lipinski definition) is 4. The van der Waals surface area contributed by atoms with E-state index in [2.05, 4.69) is 26.3 Å². The summed E-state index contributed by atoms with van der Waals surface area (Å²) in [5, 5.41) is 7.10. The number of rotatable bonds is 6. The van der Waals surface area contributed by atoms with Crippen molar-refractivity contribution in [3.05, 3.63) is 91.7 Å². The number of anilines is 1. The first kappa shape index (κ1) is 20.8. The Morgan fingerprint density at radius 3 is 2.42 bits per heavy atom. The summed E-state index contributed by atoms with van der Waals surface area (Å²) >= 11 is 3.35. The van der Waals surface area contributed by atoms with Gasteiger partial charge in [-0.2, -0.15) is 5.10 Å². The summed E-state index contributed by atoms with van der Waals surface area (Å²) in [7, 11) is 0. The molecule has 0 unspecified atom stereocenters. The topological polar surface area (TPSA) is 90.9 Å². The summed E-state index contributed by atoms with van der Waals surface area (Å²) in [5.74, 6) is -0.375. The molecule has 0 aliphatic heterocycles. The minimum atomic E-state index is -0.553. The van der Waals surface area contributed by atoms with Crippen molar-refractivity contribution in [3.8, 4) is 0 Å². The highest BCUT2D eigenvalue weighted by atomic mass is 79.9. The molecule has 0 spiro atoms. The Kier molecular flexibility index (Phi) is 5.85. The van der Waals surface area contributed by atoms with E-state index < -0.39 is 11.2 Å². The van der Waals surface area contributed by atoms with Crippen molar-refractivity contribution in [1.82, 2.24) is 18.9 Å². The van der Waals surface area contributed by atoms with Gasteiger partial charge in [0.2, 0.25) is 5.91 Å². The first-order chi connectivity index (χ1) is 15.0. The van der Waals surface area contributed by atoms with Gasteiger partial charge in [0.1, 0.15) is 6.54 Å². The summed E-state index contributed by atoms with van der Waals surface area (Å²) in [6.07, 6.45) is 1.62. The number of nitrogens with one attached hydrogen (secondary N) is 1. The quantitative estimate of drug-likeness (QED) is 0.458. The van der Waals surface area contributed by atoms with Gasteiger partial charge in [0.25, 0.3) is 5.56 Å². The predicted molar refractivity (Wildman–Crippen MR) is 122 cm³/mol. The van der Waals surface area contributed by atoms with Crippen LogP contribution in [-0.2, 0) is 24.4 Å². The van der Waals surface area contributed by atoms with E-state index in [9.17, 15) is 14.4 Å². The van der Waals surface area contributed by atoms with Crippen molar-refractivity contribution in [2.75, 3.05) is 5.32 Å². The lowest BCUT2D eigenvalue weighted by atomic mass is 10.2. The van der Waals surface area contributed by atoms with Gasteiger partial charge in [0.05, 0.1) is 12.1 Å². The van der Waals surface area contributed by atoms with E-state index in [1.807, 2.05) is 49.4 Å². The van der Waals surface area contributed by atoms with E-state index in [-0.39, 0.29) is 24.5 Å². The van der Waals surface area contributed by atoms with Gasteiger partial charge in [-0.05, 0) is 36.8 Å². The van der Waals surface area contributed by atoms with E-state index >= 15 is 0 Å². The molecule has 0 saturated heterocycles. The number of carbonyl (C=O) groups excluding carboxylic acids is 1. The zero-order valence-electron chi connectivity index (χ0n) is 16.8. The normalized spacial score (nSPS) is 11.0. The Morgan fingerprint density at radius 1 is 1.03 bits per heavy atom. The van der Waals surface area contributed by atoms with Crippen LogP contribution in [0.25, 0.3) is 11.0 Å². The maximum absolute atomic E-state index is 13.2. The van der Waals surface area contributed by atoms with Crippen LogP contribution in [0.4, 0.5) is 5.69 Å². The maximum atomic E-state index is 13.2. The van der Waals surface area contributed by atoms with Gasteiger partial charge >= 0.3 is 5.69 Å².